The predicted octanol–water partition coefficient (Wildman–Crippen LogP) is 2.46. The molecule has 28 heavy (non-hydrogen) atoms. The topological polar surface area (TPSA) is 85.7 Å². The van der Waals surface area contributed by atoms with Gasteiger partial charge in [0.05, 0.1) is 19.3 Å². The fraction of sp³-hybridized carbons (Fsp3) is 0.450. The van der Waals surface area contributed by atoms with Crippen LogP contribution in [0.4, 0.5) is 5.69 Å². The molecule has 148 valence electrons. The number of anilines is 1. The number of fused-ring (bicyclic) bond motifs is 2. The Balaban J connectivity index is 1.60. The fourth-order valence-electron chi connectivity index (χ4n) is 3.90. The molecule has 1 fully saturated rings. The molecule has 1 N–H and O–H groups in total. The molecule has 1 unspecified atom stereocenters. The number of carbonyl (C=O) groups excluding carboxylic acids is 2. The first kappa shape index (κ1) is 18.3. The Labute approximate surface area is 163 Å². The normalized spacial score (nSPS) is 19.0. The van der Waals surface area contributed by atoms with Gasteiger partial charge in [-0.15, -0.1) is 5.10 Å². The molecule has 2 amide bonds. The lowest BCUT2D eigenvalue weighted by atomic mass is 9.97. The lowest BCUT2D eigenvalue weighted by Gasteiger charge is -2.37. The van der Waals surface area contributed by atoms with Gasteiger partial charge in [-0.2, -0.15) is 0 Å². The van der Waals surface area contributed by atoms with Gasteiger partial charge in [0.15, 0.2) is 0 Å². The number of piperidine rings is 1. The number of nitrogens with zero attached hydrogens (tertiary/aromatic N) is 3. The predicted molar refractivity (Wildman–Crippen MR) is 103 cm³/mol. The molecule has 2 aliphatic rings. The summed E-state index contributed by atoms with van der Waals surface area (Å²) in [5.41, 5.74) is 1.35. The number of hydrogen-bond donors (Lipinski definition) is 1. The second kappa shape index (κ2) is 7.53. The smallest absolute Gasteiger partial charge is 0.262 e. The van der Waals surface area contributed by atoms with Crippen molar-refractivity contribution in [1.29, 1.82) is 0 Å². The first-order chi connectivity index (χ1) is 13.6. The zero-order chi connectivity index (χ0) is 19.7. The molecule has 4 rings (SSSR count). The molecular formula is C20H24N4O4. The number of amides is 2. The van der Waals surface area contributed by atoms with Crippen LogP contribution in [0.3, 0.4) is 0 Å². The van der Waals surface area contributed by atoms with Gasteiger partial charge in [0.1, 0.15) is 11.3 Å². The van der Waals surface area contributed by atoms with E-state index in [1.807, 2.05) is 4.90 Å². The Morgan fingerprint density at radius 2 is 2.18 bits per heavy atom. The molecule has 8 heteroatoms. The first-order valence-electron chi connectivity index (χ1n) is 9.53. The van der Waals surface area contributed by atoms with E-state index in [-0.39, 0.29) is 23.7 Å². The van der Waals surface area contributed by atoms with Gasteiger partial charge in [0.25, 0.3) is 11.8 Å². The van der Waals surface area contributed by atoms with Gasteiger partial charge in [-0.25, -0.2) is 0 Å². The van der Waals surface area contributed by atoms with Crippen LogP contribution in [0.2, 0.25) is 0 Å². The second-order valence-corrected chi connectivity index (χ2v) is 7.18. The summed E-state index contributed by atoms with van der Waals surface area (Å²) in [7, 11) is 3.19. The summed E-state index contributed by atoms with van der Waals surface area (Å²) < 4.78 is 12.5. The minimum Gasteiger partial charge on any atom is -0.493 e. The highest BCUT2D eigenvalue weighted by molar-refractivity contribution is 6.06. The minimum atomic E-state index is -0.347. The third-order valence-electron chi connectivity index (χ3n) is 5.30. The van der Waals surface area contributed by atoms with Crippen LogP contribution < -0.4 is 14.8 Å². The Hall–Kier alpha value is -3.03. The quantitative estimate of drug-likeness (QED) is 0.879. The van der Waals surface area contributed by atoms with Gasteiger partial charge >= 0.3 is 0 Å². The summed E-state index contributed by atoms with van der Waals surface area (Å²) in [6.07, 6.45) is 5.63. The number of ether oxygens (including phenoxy) is 2. The lowest BCUT2D eigenvalue weighted by molar-refractivity contribution is 0.0548. The number of hydrogen-bond acceptors (Lipinski definition) is 5. The van der Waals surface area contributed by atoms with Gasteiger partial charge in [-0.05, 0) is 37.5 Å². The average Bonchev–Trinajstić information content (AvgIpc) is 3.08. The second-order valence-electron chi connectivity index (χ2n) is 7.18. The molecule has 1 saturated heterocycles. The van der Waals surface area contributed by atoms with Crippen LogP contribution in [0.1, 0.15) is 46.4 Å². The highest BCUT2D eigenvalue weighted by Crippen LogP contribution is 2.31. The monoisotopic (exact) mass is 384 g/mol. The lowest BCUT2D eigenvalue weighted by Crippen LogP contribution is -2.45. The molecule has 0 saturated carbocycles. The van der Waals surface area contributed by atoms with Crippen molar-refractivity contribution in [3.63, 3.8) is 0 Å². The van der Waals surface area contributed by atoms with Crippen molar-refractivity contribution >= 4 is 17.5 Å². The Morgan fingerprint density at radius 3 is 3.00 bits per heavy atom. The van der Waals surface area contributed by atoms with Gasteiger partial charge in [-0.3, -0.25) is 14.3 Å². The largest absolute Gasteiger partial charge is 0.493 e. The van der Waals surface area contributed by atoms with Crippen molar-refractivity contribution in [3.8, 4) is 11.6 Å². The summed E-state index contributed by atoms with van der Waals surface area (Å²) >= 11 is 0. The molecule has 0 aliphatic carbocycles. The third-order valence-corrected chi connectivity index (χ3v) is 5.30. The Bertz CT molecular complexity index is 908. The van der Waals surface area contributed by atoms with Gasteiger partial charge < -0.3 is 19.7 Å². The standard InChI is InChI=1S/C20H24N4O4/c1-23-12-16(19(22-23)27-2)18(25)21-13-6-7-17-15(11-13)20(26)24-9-4-3-5-14(24)8-10-28-17/h6-7,11-12,14H,3-5,8-10H2,1-2H3,(H,21,25). The Morgan fingerprint density at radius 1 is 1.32 bits per heavy atom. The van der Waals surface area contributed by atoms with E-state index in [2.05, 4.69) is 10.4 Å². The Kier molecular flexibility index (Phi) is 4.93. The first-order valence-corrected chi connectivity index (χ1v) is 9.53. The van der Waals surface area contributed by atoms with Crippen molar-refractivity contribution < 1.29 is 19.1 Å². The average molecular weight is 384 g/mol. The van der Waals surface area contributed by atoms with E-state index in [0.717, 1.165) is 32.2 Å². The van der Waals surface area contributed by atoms with Crippen LogP contribution in [0, 0.1) is 0 Å². The number of benzene rings is 1. The van der Waals surface area contributed by atoms with Gasteiger partial charge in [-0.1, -0.05) is 0 Å². The highest BCUT2D eigenvalue weighted by atomic mass is 16.5. The maximum Gasteiger partial charge on any atom is 0.262 e. The molecule has 1 aromatic heterocycles. The van der Waals surface area contributed by atoms with E-state index in [1.54, 1.807) is 31.4 Å². The summed E-state index contributed by atoms with van der Waals surface area (Å²) in [4.78, 5) is 27.7. The van der Waals surface area contributed by atoms with E-state index in [0.29, 0.717) is 29.2 Å². The maximum atomic E-state index is 13.1. The van der Waals surface area contributed by atoms with Crippen LogP contribution in [-0.2, 0) is 7.05 Å². The van der Waals surface area contributed by atoms with E-state index in [1.165, 1.54) is 11.8 Å². The van der Waals surface area contributed by atoms with Gasteiger partial charge in [0, 0.05) is 37.9 Å². The highest BCUT2D eigenvalue weighted by Gasteiger charge is 2.31. The summed E-state index contributed by atoms with van der Waals surface area (Å²) in [5, 5.41) is 6.92. The number of aryl methyl sites for hydroxylation is 1. The molecule has 0 spiro atoms. The van der Waals surface area contributed by atoms with E-state index in [4.69, 9.17) is 9.47 Å². The summed E-state index contributed by atoms with van der Waals surface area (Å²) in [5.74, 6) is 0.433. The molecule has 0 bridgehead atoms. The van der Waals surface area contributed by atoms with Crippen molar-refractivity contribution in [2.45, 2.75) is 31.7 Å². The van der Waals surface area contributed by atoms with E-state index in [9.17, 15) is 9.59 Å². The maximum absolute atomic E-state index is 13.1. The molecule has 1 atom stereocenters. The van der Waals surface area contributed by atoms with Crippen LogP contribution >= 0.6 is 0 Å². The number of carbonyl (C=O) groups is 2. The third kappa shape index (κ3) is 3.42. The van der Waals surface area contributed by atoms with E-state index < -0.39 is 0 Å². The van der Waals surface area contributed by atoms with Crippen molar-refractivity contribution in [2.75, 3.05) is 25.6 Å². The van der Waals surface area contributed by atoms with Crippen molar-refractivity contribution in [2.24, 2.45) is 7.05 Å². The minimum absolute atomic E-state index is 0.0329. The number of rotatable bonds is 3. The molecule has 2 aliphatic heterocycles. The fourth-order valence-corrected chi connectivity index (χ4v) is 3.90. The zero-order valence-corrected chi connectivity index (χ0v) is 16.1. The molecule has 3 heterocycles. The van der Waals surface area contributed by atoms with Gasteiger partial charge in [0.2, 0.25) is 5.88 Å². The number of nitrogens with one attached hydrogen (secondary N) is 1. The van der Waals surface area contributed by atoms with Crippen molar-refractivity contribution in [3.05, 3.63) is 35.5 Å². The van der Waals surface area contributed by atoms with Crippen molar-refractivity contribution in [1.82, 2.24) is 14.7 Å². The molecule has 0 radical (unpaired) electrons. The van der Waals surface area contributed by atoms with E-state index >= 15 is 0 Å². The molecule has 2 aromatic rings. The molecule has 1 aromatic carbocycles. The van der Waals surface area contributed by atoms with Crippen LogP contribution in [0.5, 0.6) is 11.6 Å². The molecular weight excluding hydrogens is 360 g/mol. The molecule has 8 nitrogen and oxygen atoms in total. The summed E-state index contributed by atoms with van der Waals surface area (Å²) in [6, 6.07) is 5.40. The SMILES string of the molecule is COc1nn(C)cc1C(=O)Nc1ccc2c(c1)C(=O)N1CCCCC1CCO2. The number of aromatic nitrogens is 2. The van der Waals surface area contributed by atoms with Crippen LogP contribution in [0.25, 0.3) is 0 Å². The number of methoxy groups -OCH3 is 1. The zero-order valence-electron chi connectivity index (χ0n) is 16.1. The summed E-state index contributed by atoms with van der Waals surface area (Å²) in [6.45, 7) is 1.35. The van der Waals surface area contributed by atoms with Crippen LogP contribution in [0.15, 0.2) is 24.4 Å². The van der Waals surface area contributed by atoms with Crippen LogP contribution in [-0.4, -0.2) is 52.8 Å².